The minimum absolute atomic E-state index is 0.0699. The van der Waals surface area contributed by atoms with Gasteiger partial charge in [-0.15, -0.1) is 21.5 Å². The molecule has 176 valence electrons. The maximum absolute atomic E-state index is 12.4. The van der Waals surface area contributed by atoms with Crippen LogP contribution in [0.4, 0.5) is 10.8 Å². The number of aromatic nitrogens is 3. The molecule has 0 fully saturated rings. The van der Waals surface area contributed by atoms with Gasteiger partial charge in [-0.2, -0.15) is 0 Å². The number of anilines is 2. The van der Waals surface area contributed by atoms with Crippen molar-refractivity contribution in [1.29, 1.82) is 0 Å². The number of hydrogen-bond donors (Lipinski definition) is 0. The summed E-state index contributed by atoms with van der Waals surface area (Å²) in [7, 11) is 0. The van der Waals surface area contributed by atoms with E-state index in [0.717, 1.165) is 28.1 Å². The Bertz CT molecular complexity index is 1300. The summed E-state index contributed by atoms with van der Waals surface area (Å²) >= 11 is 2.88. The summed E-state index contributed by atoms with van der Waals surface area (Å²) in [6.45, 7) is 12.2. The first-order valence-electron chi connectivity index (χ1n) is 11.0. The van der Waals surface area contributed by atoms with E-state index >= 15 is 0 Å². The van der Waals surface area contributed by atoms with Crippen LogP contribution in [0.2, 0.25) is 0 Å². The molecule has 0 unspecified atom stereocenters. The van der Waals surface area contributed by atoms with E-state index in [9.17, 15) is 4.79 Å². The number of rotatable bonds is 6. The van der Waals surface area contributed by atoms with Gasteiger partial charge < -0.3 is 4.42 Å². The second-order valence-corrected chi connectivity index (χ2v) is 11.0. The van der Waals surface area contributed by atoms with E-state index in [2.05, 4.69) is 49.2 Å². The summed E-state index contributed by atoms with van der Waals surface area (Å²) in [4.78, 5) is 18.8. The maximum atomic E-state index is 12.4. The van der Waals surface area contributed by atoms with Crippen molar-refractivity contribution in [1.82, 2.24) is 15.2 Å². The molecule has 0 N–H and O–H groups in total. The fourth-order valence-electron chi connectivity index (χ4n) is 3.56. The van der Waals surface area contributed by atoms with Crippen molar-refractivity contribution in [2.24, 2.45) is 0 Å². The molecule has 2 aromatic carbocycles. The first-order chi connectivity index (χ1) is 16.1. The van der Waals surface area contributed by atoms with Gasteiger partial charge in [0.25, 0.3) is 5.22 Å². The van der Waals surface area contributed by atoms with Crippen LogP contribution in [-0.4, -0.2) is 21.1 Å². The van der Waals surface area contributed by atoms with Crippen LogP contribution < -0.4 is 4.90 Å². The van der Waals surface area contributed by atoms with Gasteiger partial charge in [0.15, 0.2) is 5.13 Å². The molecule has 0 bridgehead atoms. The van der Waals surface area contributed by atoms with Gasteiger partial charge in [0.2, 0.25) is 11.8 Å². The standard InChI is InChI=1S/C26H28N4O2S2/c1-16-7-12-22(17(2)13-16)30(18(3)31)24-27-21(14-33-24)15-34-25-29-28-23(32-25)19-8-10-20(11-9-19)26(4,5)6/h7-14H,15H2,1-6H3. The number of thiazole rings is 1. The van der Waals surface area contributed by atoms with Crippen molar-refractivity contribution in [2.75, 3.05) is 4.90 Å². The molecule has 0 spiro atoms. The third-order valence-corrected chi connectivity index (χ3v) is 7.11. The monoisotopic (exact) mass is 492 g/mol. The largest absolute Gasteiger partial charge is 0.411 e. The Balaban J connectivity index is 1.45. The molecule has 0 radical (unpaired) electrons. The van der Waals surface area contributed by atoms with Gasteiger partial charge in [-0.05, 0) is 48.6 Å². The third kappa shape index (κ3) is 5.39. The Morgan fingerprint density at radius 2 is 1.82 bits per heavy atom. The Kier molecular flexibility index (Phi) is 6.91. The number of aryl methyl sites for hydroxylation is 2. The molecular formula is C26H28N4O2S2. The van der Waals surface area contributed by atoms with Crippen molar-refractivity contribution in [2.45, 2.75) is 57.9 Å². The zero-order valence-corrected chi connectivity index (χ0v) is 21.9. The van der Waals surface area contributed by atoms with E-state index in [4.69, 9.17) is 9.40 Å². The molecule has 0 aliphatic carbocycles. The lowest BCUT2D eigenvalue weighted by molar-refractivity contribution is -0.115. The van der Waals surface area contributed by atoms with Gasteiger partial charge in [-0.1, -0.05) is 62.4 Å². The summed E-state index contributed by atoms with van der Waals surface area (Å²) in [6, 6.07) is 14.3. The molecule has 8 heteroatoms. The highest BCUT2D eigenvalue weighted by atomic mass is 32.2. The van der Waals surface area contributed by atoms with Crippen molar-refractivity contribution in [3.8, 4) is 11.5 Å². The summed E-state index contributed by atoms with van der Waals surface area (Å²) in [6.07, 6.45) is 0. The van der Waals surface area contributed by atoms with E-state index in [0.29, 0.717) is 22.0 Å². The smallest absolute Gasteiger partial charge is 0.277 e. The molecule has 1 amide bonds. The second-order valence-electron chi connectivity index (χ2n) is 9.25. The third-order valence-electron chi connectivity index (χ3n) is 5.39. The molecule has 0 saturated carbocycles. The fraction of sp³-hybridized carbons (Fsp3) is 0.308. The summed E-state index contributed by atoms with van der Waals surface area (Å²) in [5, 5.41) is 11.5. The van der Waals surface area contributed by atoms with Crippen molar-refractivity contribution < 1.29 is 9.21 Å². The minimum Gasteiger partial charge on any atom is -0.411 e. The van der Waals surface area contributed by atoms with Gasteiger partial charge in [-0.3, -0.25) is 9.69 Å². The average Bonchev–Trinajstić information content (AvgIpc) is 3.43. The molecule has 2 aromatic heterocycles. The molecular weight excluding hydrogens is 464 g/mol. The van der Waals surface area contributed by atoms with Crippen molar-refractivity contribution in [3.05, 3.63) is 70.2 Å². The Labute approximate surface area is 208 Å². The maximum Gasteiger partial charge on any atom is 0.277 e. The fourth-order valence-corrected chi connectivity index (χ4v) is 5.20. The number of nitrogens with zero attached hydrogens (tertiary/aromatic N) is 4. The highest BCUT2D eigenvalue weighted by Crippen LogP contribution is 2.34. The zero-order valence-electron chi connectivity index (χ0n) is 20.2. The SMILES string of the molecule is CC(=O)N(c1nc(CSc2nnc(-c3ccc(C(C)(C)C)cc3)o2)cs1)c1ccc(C)cc1C. The highest BCUT2D eigenvalue weighted by molar-refractivity contribution is 7.98. The predicted molar refractivity (Wildman–Crippen MR) is 139 cm³/mol. The van der Waals surface area contributed by atoms with Gasteiger partial charge >= 0.3 is 0 Å². The van der Waals surface area contributed by atoms with E-state index < -0.39 is 0 Å². The number of hydrogen-bond acceptors (Lipinski definition) is 7. The Morgan fingerprint density at radius 1 is 1.09 bits per heavy atom. The molecule has 0 saturated heterocycles. The van der Waals surface area contributed by atoms with Crippen LogP contribution in [0.3, 0.4) is 0 Å². The lowest BCUT2D eigenvalue weighted by atomic mass is 9.87. The lowest BCUT2D eigenvalue weighted by Gasteiger charge is -2.20. The zero-order chi connectivity index (χ0) is 24.5. The number of thioether (sulfide) groups is 1. The number of amides is 1. The van der Waals surface area contributed by atoms with Gasteiger partial charge in [0, 0.05) is 23.6 Å². The van der Waals surface area contributed by atoms with Crippen LogP contribution in [0, 0.1) is 13.8 Å². The van der Waals surface area contributed by atoms with Crippen LogP contribution in [0.15, 0.2) is 57.5 Å². The quantitative estimate of drug-likeness (QED) is 0.268. The van der Waals surface area contributed by atoms with Gasteiger partial charge in [-0.25, -0.2) is 4.98 Å². The van der Waals surface area contributed by atoms with Crippen LogP contribution in [0.25, 0.3) is 11.5 Å². The molecule has 4 rings (SSSR count). The molecule has 0 atom stereocenters. The van der Waals surface area contributed by atoms with Crippen LogP contribution >= 0.6 is 23.1 Å². The first kappa shape index (κ1) is 24.2. The Morgan fingerprint density at radius 3 is 2.47 bits per heavy atom. The number of carbonyl (C=O) groups is 1. The summed E-state index contributed by atoms with van der Waals surface area (Å²) in [5.41, 5.74) is 6.15. The van der Waals surface area contributed by atoms with Crippen LogP contribution in [-0.2, 0) is 16.0 Å². The molecule has 4 aromatic rings. The predicted octanol–water partition coefficient (Wildman–Crippen LogP) is 7.08. The van der Waals surface area contributed by atoms with Gasteiger partial charge in [0.1, 0.15) is 0 Å². The molecule has 0 aliphatic heterocycles. The summed E-state index contributed by atoms with van der Waals surface area (Å²) < 4.78 is 5.86. The minimum atomic E-state index is -0.0699. The van der Waals surface area contributed by atoms with Crippen molar-refractivity contribution in [3.63, 3.8) is 0 Å². The van der Waals surface area contributed by atoms with E-state index in [1.165, 1.54) is 28.7 Å². The second kappa shape index (κ2) is 9.72. The van der Waals surface area contributed by atoms with E-state index in [1.807, 2.05) is 43.5 Å². The number of carbonyl (C=O) groups excluding carboxylic acids is 1. The van der Waals surface area contributed by atoms with Crippen molar-refractivity contribution >= 4 is 39.8 Å². The van der Waals surface area contributed by atoms with E-state index in [1.54, 1.807) is 11.8 Å². The summed E-state index contributed by atoms with van der Waals surface area (Å²) in [5.74, 6) is 0.999. The van der Waals surface area contributed by atoms with E-state index in [-0.39, 0.29) is 11.3 Å². The highest BCUT2D eigenvalue weighted by Gasteiger charge is 2.20. The van der Waals surface area contributed by atoms with Crippen LogP contribution in [0.5, 0.6) is 0 Å². The van der Waals surface area contributed by atoms with Gasteiger partial charge in [0.05, 0.1) is 11.4 Å². The average molecular weight is 493 g/mol. The molecule has 0 aliphatic rings. The van der Waals surface area contributed by atoms with Crippen LogP contribution in [0.1, 0.15) is 50.1 Å². The first-order valence-corrected chi connectivity index (χ1v) is 12.9. The Hall–Kier alpha value is -2.97. The lowest BCUT2D eigenvalue weighted by Crippen LogP contribution is -2.23. The molecule has 6 nitrogen and oxygen atoms in total. The molecule has 34 heavy (non-hydrogen) atoms. The molecule has 2 heterocycles. The normalized spacial score (nSPS) is 11.6. The number of benzene rings is 2. The topological polar surface area (TPSA) is 72.1 Å².